The molecule has 2 aromatic heterocycles. The zero-order chi connectivity index (χ0) is 22.8. The van der Waals surface area contributed by atoms with Gasteiger partial charge in [0.05, 0.1) is 18.1 Å². The van der Waals surface area contributed by atoms with Gasteiger partial charge in [-0.1, -0.05) is 56.8 Å². The minimum absolute atomic E-state index is 0.0267. The number of carbonyl (C=O) groups excluding carboxylic acids is 1. The summed E-state index contributed by atoms with van der Waals surface area (Å²) in [5, 5.41) is 12.3. The van der Waals surface area contributed by atoms with E-state index in [1.807, 2.05) is 44.4 Å². The van der Waals surface area contributed by atoms with E-state index in [9.17, 15) is 4.79 Å². The van der Waals surface area contributed by atoms with Crippen LogP contribution >= 0.6 is 11.8 Å². The van der Waals surface area contributed by atoms with Crippen LogP contribution in [0.5, 0.6) is 0 Å². The van der Waals surface area contributed by atoms with Gasteiger partial charge in [0, 0.05) is 11.1 Å². The molecule has 3 aromatic rings. The summed E-state index contributed by atoms with van der Waals surface area (Å²) in [4.78, 5) is 12.6. The van der Waals surface area contributed by atoms with Crippen LogP contribution in [0.2, 0.25) is 0 Å². The smallest absolute Gasteiger partial charge is 0.233 e. The van der Waals surface area contributed by atoms with E-state index in [1.54, 1.807) is 6.26 Å². The van der Waals surface area contributed by atoms with Crippen LogP contribution in [0.15, 0.2) is 52.2 Å². The molecule has 1 unspecified atom stereocenters. The largest absolute Gasteiger partial charge is 0.467 e. The number of carbonyl (C=O) groups is 1. The zero-order valence-corrected chi connectivity index (χ0v) is 20.2. The summed E-state index contributed by atoms with van der Waals surface area (Å²) in [6, 6.07) is 12.2. The van der Waals surface area contributed by atoms with Crippen molar-refractivity contribution in [3.63, 3.8) is 0 Å². The Hall–Kier alpha value is -2.54. The Balaban J connectivity index is 1.92. The maximum absolute atomic E-state index is 12.6. The number of nitrogens with zero attached hydrogens (tertiary/aromatic N) is 3. The van der Waals surface area contributed by atoms with Gasteiger partial charge < -0.3 is 9.73 Å². The standard InChI is InChI=1S/C24H32N4O2S/c1-16(21(29)25-24(5,6)7)31-22-27-26-20(28(22)15-19-9-8-14-30-19)17-10-12-18(13-11-17)23(2,3)4/h8-14,16H,15H2,1-7H3,(H,25,29). The van der Waals surface area contributed by atoms with Gasteiger partial charge in [-0.15, -0.1) is 10.2 Å². The van der Waals surface area contributed by atoms with Gasteiger partial charge in [-0.05, 0) is 50.8 Å². The van der Waals surface area contributed by atoms with Gasteiger partial charge in [-0.25, -0.2) is 0 Å². The summed E-state index contributed by atoms with van der Waals surface area (Å²) in [6.45, 7) is 14.9. The Kier molecular flexibility index (Phi) is 6.65. The number of nitrogens with one attached hydrogen (secondary N) is 1. The predicted octanol–water partition coefficient (Wildman–Crippen LogP) is 5.28. The Morgan fingerprint density at radius 1 is 1.10 bits per heavy atom. The molecule has 2 heterocycles. The van der Waals surface area contributed by atoms with E-state index in [2.05, 4.69) is 60.6 Å². The number of benzene rings is 1. The highest BCUT2D eigenvalue weighted by molar-refractivity contribution is 8.00. The van der Waals surface area contributed by atoms with E-state index in [-0.39, 0.29) is 22.1 Å². The minimum atomic E-state index is -0.310. The molecule has 1 amide bonds. The SMILES string of the molecule is CC(Sc1nnc(-c2ccc(C(C)(C)C)cc2)n1Cc1ccco1)C(=O)NC(C)(C)C. The summed E-state index contributed by atoms with van der Waals surface area (Å²) in [5.74, 6) is 1.53. The Labute approximate surface area is 188 Å². The van der Waals surface area contributed by atoms with Crippen LogP contribution in [0.3, 0.4) is 0 Å². The topological polar surface area (TPSA) is 73.0 Å². The lowest BCUT2D eigenvalue weighted by atomic mass is 9.87. The van der Waals surface area contributed by atoms with Crippen molar-refractivity contribution in [1.29, 1.82) is 0 Å². The van der Waals surface area contributed by atoms with Gasteiger partial charge >= 0.3 is 0 Å². The van der Waals surface area contributed by atoms with E-state index in [0.717, 1.165) is 17.1 Å². The lowest BCUT2D eigenvalue weighted by Crippen LogP contribution is -2.44. The molecule has 3 rings (SSSR count). The number of furan rings is 1. The number of rotatable bonds is 6. The minimum Gasteiger partial charge on any atom is -0.467 e. The summed E-state index contributed by atoms with van der Waals surface area (Å²) >= 11 is 1.40. The van der Waals surface area contributed by atoms with Crippen molar-refractivity contribution in [1.82, 2.24) is 20.1 Å². The third kappa shape index (κ3) is 6.00. The molecule has 1 aromatic carbocycles. The first kappa shape index (κ1) is 23.1. The number of aromatic nitrogens is 3. The molecular formula is C24H32N4O2S. The van der Waals surface area contributed by atoms with Crippen molar-refractivity contribution < 1.29 is 9.21 Å². The highest BCUT2D eigenvalue weighted by atomic mass is 32.2. The Morgan fingerprint density at radius 3 is 2.32 bits per heavy atom. The molecule has 0 radical (unpaired) electrons. The maximum Gasteiger partial charge on any atom is 0.233 e. The molecule has 31 heavy (non-hydrogen) atoms. The first-order valence-corrected chi connectivity index (χ1v) is 11.4. The monoisotopic (exact) mass is 440 g/mol. The molecule has 6 nitrogen and oxygen atoms in total. The fourth-order valence-electron chi connectivity index (χ4n) is 3.09. The fraction of sp³-hybridized carbons (Fsp3) is 0.458. The fourth-order valence-corrected chi connectivity index (χ4v) is 3.94. The molecule has 166 valence electrons. The molecule has 0 saturated carbocycles. The normalized spacial score (nSPS) is 13.3. The highest BCUT2D eigenvalue weighted by Gasteiger charge is 2.24. The Morgan fingerprint density at radius 2 is 1.77 bits per heavy atom. The van der Waals surface area contributed by atoms with Crippen molar-refractivity contribution in [2.24, 2.45) is 0 Å². The first-order valence-electron chi connectivity index (χ1n) is 10.5. The first-order chi connectivity index (χ1) is 14.4. The van der Waals surface area contributed by atoms with Crippen LogP contribution in [-0.2, 0) is 16.8 Å². The average molecular weight is 441 g/mol. The molecule has 7 heteroatoms. The molecule has 1 atom stereocenters. The van der Waals surface area contributed by atoms with Crippen LogP contribution in [0, 0.1) is 0 Å². The highest BCUT2D eigenvalue weighted by Crippen LogP contribution is 2.30. The summed E-state index contributed by atoms with van der Waals surface area (Å²) in [7, 11) is 0. The number of hydrogen-bond acceptors (Lipinski definition) is 5. The summed E-state index contributed by atoms with van der Waals surface area (Å²) < 4.78 is 7.58. The molecule has 0 bridgehead atoms. The molecule has 0 aliphatic heterocycles. The third-order valence-corrected chi connectivity index (χ3v) is 5.85. The second-order valence-corrected chi connectivity index (χ2v) is 11.1. The lowest BCUT2D eigenvalue weighted by molar-refractivity contribution is -0.121. The molecule has 0 aliphatic carbocycles. The van der Waals surface area contributed by atoms with E-state index < -0.39 is 0 Å². The maximum atomic E-state index is 12.6. The van der Waals surface area contributed by atoms with Crippen molar-refractivity contribution >= 4 is 17.7 Å². The van der Waals surface area contributed by atoms with Gasteiger partial charge in [0.25, 0.3) is 0 Å². The molecule has 0 spiro atoms. The van der Waals surface area contributed by atoms with Gasteiger partial charge in [0.15, 0.2) is 11.0 Å². The Bertz CT molecular complexity index is 1010. The van der Waals surface area contributed by atoms with Gasteiger partial charge in [-0.2, -0.15) is 0 Å². The van der Waals surface area contributed by atoms with Gasteiger partial charge in [-0.3, -0.25) is 9.36 Å². The van der Waals surface area contributed by atoms with Gasteiger partial charge in [0.2, 0.25) is 5.91 Å². The van der Waals surface area contributed by atoms with Crippen LogP contribution in [0.25, 0.3) is 11.4 Å². The second-order valence-electron chi connectivity index (χ2n) is 9.80. The van der Waals surface area contributed by atoms with Crippen LogP contribution in [-0.4, -0.2) is 31.5 Å². The lowest BCUT2D eigenvalue weighted by Gasteiger charge is -2.23. The molecule has 1 N–H and O–H groups in total. The summed E-state index contributed by atoms with van der Waals surface area (Å²) in [6.07, 6.45) is 1.66. The molecule has 0 saturated heterocycles. The number of thioether (sulfide) groups is 1. The van der Waals surface area contributed by atoms with E-state index in [4.69, 9.17) is 4.42 Å². The van der Waals surface area contributed by atoms with E-state index >= 15 is 0 Å². The quantitative estimate of drug-likeness (QED) is 0.528. The van der Waals surface area contributed by atoms with E-state index in [0.29, 0.717) is 11.7 Å². The number of amides is 1. The molecular weight excluding hydrogens is 408 g/mol. The molecule has 0 fully saturated rings. The zero-order valence-electron chi connectivity index (χ0n) is 19.4. The third-order valence-electron chi connectivity index (χ3n) is 4.77. The van der Waals surface area contributed by atoms with Crippen LogP contribution in [0.1, 0.15) is 59.8 Å². The van der Waals surface area contributed by atoms with Crippen molar-refractivity contribution in [2.45, 2.75) is 76.4 Å². The second kappa shape index (κ2) is 8.91. The summed E-state index contributed by atoms with van der Waals surface area (Å²) in [5.41, 5.74) is 2.03. The van der Waals surface area contributed by atoms with Crippen LogP contribution in [0.4, 0.5) is 0 Å². The van der Waals surface area contributed by atoms with Crippen LogP contribution < -0.4 is 5.32 Å². The van der Waals surface area contributed by atoms with Crippen molar-refractivity contribution in [2.75, 3.05) is 0 Å². The van der Waals surface area contributed by atoms with Gasteiger partial charge in [0.1, 0.15) is 5.76 Å². The average Bonchev–Trinajstić information content (AvgIpc) is 3.31. The van der Waals surface area contributed by atoms with Crippen molar-refractivity contribution in [3.8, 4) is 11.4 Å². The molecule has 0 aliphatic rings. The van der Waals surface area contributed by atoms with E-state index in [1.165, 1.54) is 17.3 Å². The number of hydrogen-bond donors (Lipinski definition) is 1. The predicted molar refractivity (Wildman–Crippen MR) is 125 cm³/mol. The van der Waals surface area contributed by atoms with Crippen molar-refractivity contribution in [3.05, 3.63) is 54.0 Å².